The molecule has 0 rings (SSSR count). The van der Waals surface area contributed by atoms with Crippen molar-refractivity contribution in [2.75, 3.05) is 0 Å². The summed E-state index contributed by atoms with van der Waals surface area (Å²) >= 11 is 0. The van der Waals surface area contributed by atoms with Crippen LogP contribution in [0.25, 0.3) is 0 Å². The van der Waals surface area contributed by atoms with Gasteiger partial charge in [0.2, 0.25) is 0 Å². The largest absolute Gasteiger partial charge is 1.00 e. The van der Waals surface area contributed by atoms with Crippen molar-refractivity contribution in [3.05, 3.63) is 36.5 Å². The molecule has 0 aliphatic heterocycles. The summed E-state index contributed by atoms with van der Waals surface area (Å²) in [5.74, 6) is -8.12. The summed E-state index contributed by atoms with van der Waals surface area (Å²) < 4.78 is 0. The minimum atomic E-state index is -1.55. The van der Waals surface area contributed by atoms with Gasteiger partial charge in [-0.15, -0.1) is 0 Å². The van der Waals surface area contributed by atoms with E-state index in [2.05, 4.69) is 0 Å². The Bertz CT molecular complexity index is 448. The number of hydrogen-bond donors (Lipinski definition) is 4. The maximum atomic E-state index is 9.55. The van der Waals surface area contributed by atoms with Gasteiger partial charge in [-0.05, 0) is 12.2 Å². The summed E-state index contributed by atoms with van der Waals surface area (Å²) in [4.78, 5) is 57.0. The second kappa shape index (κ2) is 23.0. The van der Waals surface area contributed by atoms with Gasteiger partial charge in [-0.2, -0.15) is 0 Å². The molecule has 12 nitrogen and oxygen atoms in total. The Labute approximate surface area is 189 Å². The summed E-state index contributed by atoms with van der Waals surface area (Å²) in [5, 5.41) is 50.1. The molecule has 0 saturated heterocycles. The number of carbonyl (C=O) groups is 6. The molecular formula is C12H10Na2O12. The second-order valence-corrected chi connectivity index (χ2v) is 2.99. The Hall–Kier alpha value is -1.96. The Morgan fingerprint density at radius 1 is 0.462 bits per heavy atom. The number of hydrogen-bond acceptors (Lipinski definition) is 8. The number of carboxylic acid groups (broad SMARTS) is 6. The van der Waals surface area contributed by atoms with Crippen LogP contribution in [0.4, 0.5) is 0 Å². The van der Waals surface area contributed by atoms with Gasteiger partial charge in [0.05, 0.1) is 11.9 Å². The maximum absolute atomic E-state index is 9.55. The van der Waals surface area contributed by atoms with E-state index < -0.39 is 35.8 Å². The molecule has 0 spiro atoms. The van der Waals surface area contributed by atoms with E-state index in [0.717, 1.165) is 0 Å². The van der Waals surface area contributed by atoms with E-state index in [1.54, 1.807) is 0 Å². The van der Waals surface area contributed by atoms with E-state index in [9.17, 15) is 39.0 Å². The van der Waals surface area contributed by atoms with Gasteiger partial charge in [-0.3, -0.25) is 0 Å². The van der Waals surface area contributed by atoms with Crippen LogP contribution in [0.5, 0.6) is 0 Å². The van der Waals surface area contributed by atoms with Crippen LogP contribution in [0, 0.1) is 0 Å². The number of rotatable bonds is 6. The Balaban J connectivity index is -0.0000000817. The molecule has 0 aliphatic carbocycles. The fraction of sp³-hybridized carbons (Fsp3) is 0. The van der Waals surface area contributed by atoms with Crippen molar-refractivity contribution in [2.45, 2.75) is 0 Å². The molecule has 0 saturated carbocycles. The van der Waals surface area contributed by atoms with Crippen LogP contribution in [0.15, 0.2) is 36.5 Å². The predicted molar refractivity (Wildman–Crippen MR) is 68.0 cm³/mol. The average Bonchev–Trinajstić information content (AvgIpc) is 2.42. The van der Waals surface area contributed by atoms with Crippen molar-refractivity contribution in [3.8, 4) is 0 Å². The normalized spacial score (nSPS) is 8.77. The molecule has 26 heavy (non-hydrogen) atoms. The van der Waals surface area contributed by atoms with Crippen LogP contribution >= 0.6 is 0 Å². The van der Waals surface area contributed by atoms with Crippen molar-refractivity contribution in [3.63, 3.8) is 0 Å². The average molecular weight is 392 g/mol. The van der Waals surface area contributed by atoms with Crippen molar-refractivity contribution >= 4 is 35.8 Å². The molecule has 0 heterocycles. The Kier molecular flexibility index (Phi) is 31.2. The van der Waals surface area contributed by atoms with Crippen LogP contribution in [0.3, 0.4) is 0 Å². The van der Waals surface area contributed by atoms with E-state index in [1.165, 1.54) is 0 Å². The Morgan fingerprint density at radius 3 is 0.692 bits per heavy atom. The smallest absolute Gasteiger partial charge is 0.545 e. The van der Waals surface area contributed by atoms with Gasteiger partial charge in [0.25, 0.3) is 0 Å². The third kappa shape index (κ3) is 57.4. The standard InChI is InChI=1S/3C4H4O4.2Na/c3*5-3(6)1-2-4(7)8;;/h3*1-2H,(H,5,6)(H,7,8);;/q;;;2*+1/p-2/b3*2-1+;;. The van der Waals surface area contributed by atoms with Gasteiger partial charge in [0.15, 0.2) is 0 Å². The van der Waals surface area contributed by atoms with Crippen LogP contribution in [0.1, 0.15) is 0 Å². The van der Waals surface area contributed by atoms with Crippen LogP contribution in [-0.4, -0.2) is 56.2 Å². The summed E-state index contributed by atoms with van der Waals surface area (Å²) in [6.07, 6.45) is 3.00. The number of carboxylic acids is 6. The van der Waals surface area contributed by atoms with E-state index >= 15 is 0 Å². The van der Waals surface area contributed by atoms with E-state index in [1.807, 2.05) is 0 Å². The zero-order chi connectivity index (χ0) is 19.7. The quantitative estimate of drug-likeness (QED) is 0.244. The molecule has 0 unspecified atom stereocenters. The van der Waals surface area contributed by atoms with E-state index in [-0.39, 0.29) is 59.1 Å². The SMILES string of the molecule is O=C(O)/C=C/C(=O)O.O=C(O)/C=C/C(=O)O.O=C([O-])/C=C/C(=O)[O-].[Na+].[Na+]. The molecule has 0 aliphatic rings. The second-order valence-electron chi connectivity index (χ2n) is 2.99. The molecule has 132 valence electrons. The molecule has 0 radical (unpaired) electrons. The monoisotopic (exact) mass is 392 g/mol. The first kappa shape index (κ1) is 35.2. The minimum absolute atomic E-state index is 0. The molecule has 14 heteroatoms. The molecule has 0 bridgehead atoms. The van der Waals surface area contributed by atoms with Gasteiger partial charge in [-0.25, -0.2) is 19.2 Å². The van der Waals surface area contributed by atoms with Crippen molar-refractivity contribution in [1.29, 1.82) is 0 Å². The summed E-state index contributed by atoms with van der Waals surface area (Å²) in [7, 11) is 0. The summed E-state index contributed by atoms with van der Waals surface area (Å²) in [5.41, 5.74) is 0. The molecular weight excluding hydrogens is 382 g/mol. The van der Waals surface area contributed by atoms with Gasteiger partial charge in [-0.1, -0.05) is 0 Å². The third-order valence-electron chi connectivity index (χ3n) is 1.09. The molecule has 0 fully saturated rings. The first-order valence-electron chi connectivity index (χ1n) is 5.26. The maximum Gasteiger partial charge on any atom is 1.00 e. The third-order valence-corrected chi connectivity index (χ3v) is 1.09. The molecule has 0 aromatic carbocycles. The van der Waals surface area contributed by atoms with Gasteiger partial charge < -0.3 is 40.2 Å². The topological polar surface area (TPSA) is 229 Å². The van der Waals surface area contributed by atoms with Crippen LogP contribution in [-0.2, 0) is 28.8 Å². The fourth-order valence-corrected chi connectivity index (χ4v) is 0.421. The number of carbonyl (C=O) groups excluding carboxylic acids is 2. The predicted octanol–water partition coefficient (Wildman–Crippen LogP) is -9.53. The number of aliphatic carboxylic acids is 6. The van der Waals surface area contributed by atoms with E-state index in [0.29, 0.717) is 36.5 Å². The van der Waals surface area contributed by atoms with Crippen LogP contribution in [0.2, 0.25) is 0 Å². The van der Waals surface area contributed by atoms with Crippen molar-refractivity contribution in [1.82, 2.24) is 0 Å². The fourth-order valence-electron chi connectivity index (χ4n) is 0.421. The van der Waals surface area contributed by atoms with Crippen molar-refractivity contribution < 1.29 is 119 Å². The summed E-state index contributed by atoms with van der Waals surface area (Å²) in [6, 6.07) is 0. The molecule has 4 N–H and O–H groups in total. The van der Waals surface area contributed by atoms with Gasteiger partial charge >= 0.3 is 83.0 Å². The molecule has 0 aromatic heterocycles. The van der Waals surface area contributed by atoms with E-state index in [4.69, 9.17) is 20.4 Å². The molecule has 0 amide bonds. The molecule has 0 aromatic rings. The summed E-state index contributed by atoms with van der Waals surface area (Å²) in [6.45, 7) is 0. The minimum Gasteiger partial charge on any atom is -0.545 e. The van der Waals surface area contributed by atoms with Gasteiger partial charge in [0, 0.05) is 24.3 Å². The first-order chi connectivity index (χ1) is 10.9. The molecule has 0 atom stereocenters. The van der Waals surface area contributed by atoms with Crippen LogP contribution < -0.4 is 69.3 Å². The Morgan fingerprint density at radius 2 is 0.615 bits per heavy atom. The van der Waals surface area contributed by atoms with Gasteiger partial charge in [0.1, 0.15) is 0 Å². The first-order valence-corrected chi connectivity index (χ1v) is 5.26. The zero-order valence-corrected chi connectivity index (χ0v) is 17.5. The zero-order valence-electron chi connectivity index (χ0n) is 13.5. The van der Waals surface area contributed by atoms with Crippen molar-refractivity contribution in [2.24, 2.45) is 0 Å².